The summed E-state index contributed by atoms with van der Waals surface area (Å²) in [6.07, 6.45) is 3.41. The lowest BCUT2D eigenvalue weighted by Crippen LogP contribution is -2.13. The maximum Gasteiger partial charge on any atom is 0.0641 e. The highest BCUT2D eigenvalue weighted by molar-refractivity contribution is 5.83. The Balaban J connectivity index is 2.23. The van der Waals surface area contributed by atoms with Gasteiger partial charge in [0.2, 0.25) is 0 Å². The van der Waals surface area contributed by atoms with Gasteiger partial charge < -0.3 is 14.6 Å². The van der Waals surface area contributed by atoms with Gasteiger partial charge in [-0.3, -0.25) is 0 Å². The minimum absolute atomic E-state index is 0.750. The summed E-state index contributed by atoms with van der Waals surface area (Å²) in [6, 6.07) is 8.57. The number of nitrogens with zero attached hydrogens (tertiary/aromatic N) is 1. The van der Waals surface area contributed by atoms with Gasteiger partial charge in [0.1, 0.15) is 0 Å². The van der Waals surface area contributed by atoms with Gasteiger partial charge in [-0.2, -0.15) is 0 Å². The number of fused-ring (bicyclic) bond motifs is 1. The third kappa shape index (κ3) is 2.92. The first-order valence-electron chi connectivity index (χ1n) is 6.63. The Bertz CT molecular complexity index is 490. The summed E-state index contributed by atoms with van der Waals surface area (Å²) in [5.74, 6) is 0. The fourth-order valence-electron chi connectivity index (χ4n) is 2.24. The average molecular weight is 246 g/mol. The molecule has 1 aromatic carbocycles. The molecule has 18 heavy (non-hydrogen) atoms. The molecule has 1 N–H and O–H groups in total. The van der Waals surface area contributed by atoms with Gasteiger partial charge in [-0.1, -0.05) is 25.1 Å². The number of ether oxygens (including phenoxy) is 1. The van der Waals surface area contributed by atoms with Crippen LogP contribution in [0.4, 0.5) is 0 Å². The first-order valence-corrected chi connectivity index (χ1v) is 6.63. The molecule has 0 fully saturated rings. The molecule has 0 spiro atoms. The Morgan fingerprint density at radius 1 is 1.28 bits per heavy atom. The highest BCUT2D eigenvalue weighted by atomic mass is 16.5. The molecule has 0 saturated heterocycles. The number of para-hydroxylation sites is 1. The van der Waals surface area contributed by atoms with Gasteiger partial charge in [-0.15, -0.1) is 0 Å². The van der Waals surface area contributed by atoms with Crippen molar-refractivity contribution in [3.8, 4) is 0 Å². The molecule has 0 aliphatic rings. The van der Waals surface area contributed by atoms with Crippen molar-refractivity contribution in [2.75, 3.05) is 20.3 Å². The summed E-state index contributed by atoms with van der Waals surface area (Å²) in [5.41, 5.74) is 2.66. The minimum atomic E-state index is 0.750. The molecule has 3 heteroatoms. The molecule has 0 atom stereocenters. The van der Waals surface area contributed by atoms with Gasteiger partial charge >= 0.3 is 0 Å². The smallest absolute Gasteiger partial charge is 0.0641 e. The van der Waals surface area contributed by atoms with E-state index in [1.54, 1.807) is 7.11 Å². The SMILES string of the molecule is CCCNCc1cn(CCOC)c2ccccc12. The molecule has 0 saturated carbocycles. The van der Waals surface area contributed by atoms with E-state index < -0.39 is 0 Å². The van der Waals surface area contributed by atoms with Crippen LogP contribution in [-0.2, 0) is 17.8 Å². The van der Waals surface area contributed by atoms with Crippen LogP contribution in [-0.4, -0.2) is 24.8 Å². The van der Waals surface area contributed by atoms with Crippen molar-refractivity contribution in [2.24, 2.45) is 0 Å². The molecule has 0 aliphatic carbocycles. The summed E-state index contributed by atoms with van der Waals surface area (Å²) in [4.78, 5) is 0. The van der Waals surface area contributed by atoms with Crippen LogP contribution >= 0.6 is 0 Å². The Labute approximate surface area is 109 Å². The summed E-state index contributed by atoms with van der Waals surface area (Å²) in [6.45, 7) is 5.85. The van der Waals surface area contributed by atoms with Crippen LogP contribution in [0.25, 0.3) is 10.9 Å². The van der Waals surface area contributed by atoms with Crippen LogP contribution in [0.3, 0.4) is 0 Å². The molecule has 0 unspecified atom stereocenters. The second-order valence-electron chi connectivity index (χ2n) is 4.53. The van der Waals surface area contributed by atoms with E-state index in [1.165, 1.54) is 22.9 Å². The second-order valence-corrected chi connectivity index (χ2v) is 4.53. The van der Waals surface area contributed by atoms with Crippen molar-refractivity contribution >= 4 is 10.9 Å². The zero-order chi connectivity index (χ0) is 12.8. The number of nitrogens with one attached hydrogen (secondary N) is 1. The number of rotatable bonds is 7. The third-order valence-corrected chi connectivity index (χ3v) is 3.15. The zero-order valence-corrected chi connectivity index (χ0v) is 11.3. The van der Waals surface area contributed by atoms with Crippen LogP contribution in [0.1, 0.15) is 18.9 Å². The van der Waals surface area contributed by atoms with E-state index in [2.05, 4.69) is 47.3 Å². The van der Waals surface area contributed by atoms with E-state index in [0.29, 0.717) is 0 Å². The molecular formula is C15H22N2O. The summed E-state index contributed by atoms with van der Waals surface area (Å²) >= 11 is 0. The van der Waals surface area contributed by atoms with Crippen molar-refractivity contribution in [3.05, 3.63) is 36.0 Å². The molecule has 1 aromatic heterocycles. The van der Waals surface area contributed by atoms with Crippen LogP contribution in [0, 0.1) is 0 Å². The number of aromatic nitrogens is 1. The van der Waals surface area contributed by atoms with E-state index in [1.807, 2.05) is 0 Å². The standard InChI is InChI=1S/C15H22N2O/c1-3-8-16-11-13-12-17(9-10-18-2)15-7-5-4-6-14(13)15/h4-7,12,16H,3,8-11H2,1-2H3. The highest BCUT2D eigenvalue weighted by Gasteiger charge is 2.07. The number of hydrogen-bond donors (Lipinski definition) is 1. The van der Waals surface area contributed by atoms with Gasteiger partial charge in [0, 0.05) is 37.3 Å². The van der Waals surface area contributed by atoms with Crippen LogP contribution in [0.5, 0.6) is 0 Å². The lowest BCUT2D eigenvalue weighted by molar-refractivity contribution is 0.188. The van der Waals surface area contributed by atoms with Gasteiger partial charge in [-0.25, -0.2) is 0 Å². The Morgan fingerprint density at radius 2 is 2.11 bits per heavy atom. The van der Waals surface area contributed by atoms with E-state index in [4.69, 9.17) is 4.74 Å². The van der Waals surface area contributed by atoms with Gasteiger partial charge in [0.25, 0.3) is 0 Å². The normalized spacial score (nSPS) is 11.2. The van der Waals surface area contributed by atoms with Crippen molar-refractivity contribution in [1.29, 1.82) is 0 Å². The summed E-state index contributed by atoms with van der Waals surface area (Å²) in [5, 5.41) is 4.81. The molecule has 1 heterocycles. The third-order valence-electron chi connectivity index (χ3n) is 3.15. The van der Waals surface area contributed by atoms with Gasteiger partial charge in [-0.05, 0) is 24.6 Å². The molecule has 2 rings (SSSR count). The second kappa shape index (κ2) is 6.57. The Morgan fingerprint density at radius 3 is 2.89 bits per heavy atom. The molecule has 3 nitrogen and oxygen atoms in total. The molecule has 98 valence electrons. The number of hydrogen-bond acceptors (Lipinski definition) is 2. The van der Waals surface area contributed by atoms with Crippen molar-refractivity contribution in [1.82, 2.24) is 9.88 Å². The van der Waals surface area contributed by atoms with Gasteiger partial charge in [0.05, 0.1) is 6.61 Å². The van der Waals surface area contributed by atoms with E-state index in [0.717, 1.165) is 26.2 Å². The molecular weight excluding hydrogens is 224 g/mol. The summed E-state index contributed by atoms with van der Waals surface area (Å²) < 4.78 is 7.45. The van der Waals surface area contributed by atoms with E-state index >= 15 is 0 Å². The molecule has 0 aliphatic heterocycles. The fraction of sp³-hybridized carbons (Fsp3) is 0.467. The first kappa shape index (κ1) is 13.1. The van der Waals surface area contributed by atoms with Crippen LogP contribution in [0.15, 0.2) is 30.5 Å². The van der Waals surface area contributed by atoms with Crippen LogP contribution in [0.2, 0.25) is 0 Å². The number of benzene rings is 1. The Kier molecular flexibility index (Phi) is 4.79. The largest absolute Gasteiger partial charge is 0.383 e. The topological polar surface area (TPSA) is 26.2 Å². The van der Waals surface area contributed by atoms with Gasteiger partial charge in [0.15, 0.2) is 0 Å². The lowest BCUT2D eigenvalue weighted by Gasteiger charge is -2.03. The molecule has 0 amide bonds. The Hall–Kier alpha value is -1.32. The fourth-order valence-corrected chi connectivity index (χ4v) is 2.24. The predicted molar refractivity (Wildman–Crippen MR) is 75.8 cm³/mol. The highest BCUT2D eigenvalue weighted by Crippen LogP contribution is 2.21. The maximum absolute atomic E-state index is 5.17. The quantitative estimate of drug-likeness (QED) is 0.760. The van der Waals surface area contributed by atoms with E-state index in [-0.39, 0.29) is 0 Å². The first-order chi connectivity index (χ1) is 8.86. The monoisotopic (exact) mass is 246 g/mol. The molecule has 0 radical (unpaired) electrons. The number of methoxy groups -OCH3 is 1. The van der Waals surface area contributed by atoms with Crippen molar-refractivity contribution in [3.63, 3.8) is 0 Å². The van der Waals surface area contributed by atoms with Crippen LogP contribution < -0.4 is 5.32 Å². The molecule has 0 bridgehead atoms. The molecule has 2 aromatic rings. The van der Waals surface area contributed by atoms with Crippen molar-refractivity contribution < 1.29 is 4.74 Å². The predicted octanol–water partition coefficient (Wildman–Crippen LogP) is 2.79. The zero-order valence-electron chi connectivity index (χ0n) is 11.3. The minimum Gasteiger partial charge on any atom is -0.383 e. The maximum atomic E-state index is 5.17. The summed E-state index contributed by atoms with van der Waals surface area (Å²) in [7, 11) is 1.75. The van der Waals surface area contributed by atoms with Crippen molar-refractivity contribution in [2.45, 2.75) is 26.4 Å². The average Bonchev–Trinajstić information content (AvgIpc) is 2.76. The lowest BCUT2D eigenvalue weighted by atomic mass is 10.2. The van der Waals surface area contributed by atoms with E-state index in [9.17, 15) is 0 Å².